The Hall–Kier alpha value is -0.720. The van der Waals surface area contributed by atoms with Crippen molar-refractivity contribution in [3.63, 3.8) is 0 Å². The lowest BCUT2D eigenvalue weighted by atomic mass is 10.0. The maximum atomic E-state index is 3.38. The summed E-state index contributed by atoms with van der Waals surface area (Å²) in [5.74, 6) is 0.715. The predicted molar refractivity (Wildman–Crippen MR) is 49.3 cm³/mol. The molecule has 62 valence electrons. The molecule has 11 heavy (non-hydrogen) atoms. The first kappa shape index (κ1) is 8.38. The van der Waals surface area contributed by atoms with Gasteiger partial charge in [-0.1, -0.05) is 19.1 Å². The van der Waals surface area contributed by atoms with E-state index in [2.05, 4.69) is 44.3 Å². The van der Waals surface area contributed by atoms with E-state index in [0.717, 1.165) is 0 Å². The first-order chi connectivity index (χ1) is 5.18. The SMILES string of the molecule is CC(C)NC1=CC[C@@H](C)C=C1. The van der Waals surface area contributed by atoms with Gasteiger partial charge in [-0.05, 0) is 32.3 Å². The van der Waals surface area contributed by atoms with Gasteiger partial charge in [-0.15, -0.1) is 0 Å². The highest BCUT2D eigenvalue weighted by Gasteiger charge is 2.03. The summed E-state index contributed by atoms with van der Waals surface area (Å²) in [5.41, 5.74) is 1.28. The smallest absolute Gasteiger partial charge is 0.0298 e. The molecule has 0 aromatic rings. The summed E-state index contributed by atoms with van der Waals surface area (Å²) in [5, 5.41) is 3.38. The number of rotatable bonds is 2. The van der Waals surface area contributed by atoms with Crippen LogP contribution in [0.4, 0.5) is 0 Å². The Labute approximate surface area is 69.2 Å². The van der Waals surface area contributed by atoms with E-state index in [9.17, 15) is 0 Å². The van der Waals surface area contributed by atoms with Gasteiger partial charge >= 0.3 is 0 Å². The van der Waals surface area contributed by atoms with Gasteiger partial charge in [-0.3, -0.25) is 0 Å². The van der Waals surface area contributed by atoms with E-state index in [0.29, 0.717) is 12.0 Å². The standard InChI is InChI=1S/C10H17N/c1-8(2)11-10-6-4-9(3)5-7-10/h4,6-9,11H,5H2,1-3H3/t9-/m0/s1. The Balaban J connectivity index is 2.43. The van der Waals surface area contributed by atoms with Crippen molar-refractivity contribution in [2.75, 3.05) is 0 Å². The molecule has 0 spiro atoms. The molecule has 0 fully saturated rings. The summed E-state index contributed by atoms with van der Waals surface area (Å²) in [6, 6.07) is 0.541. The highest BCUT2D eigenvalue weighted by molar-refractivity contribution is 5.21. The second-order valence-corrected chi connectivity index (χ2v) is 3.53. The largest absolute Gasteiger partial charge is 0.383 e. The summed E-state index contributed by atoms with van der Waals surface area (Å²) >= 11 is 0. The summed E-state index contributed by atoms with van der Waals surface area (Å²) in [6.45, 7) is 6.55. The van der Waals surface area contributed by atoms with Crippen molar-refractivity contribution in [3.8, 4) is 0 Å². The molecule has 1 nitrogen and oxygen atoms in total. The van der Waals surface area contributed by atoms with Crippen LogP contribution in [-0.4, -0.2) is 6.04 Å². The monoisotopic (exact) mass is 151 g/mol. The molecule has 1 heteroatoms. The Morgan fingerprint density at radius 2 is 2.27 bits per heavy atom. The summed E-state index contributed by atoms with van der Waals surface area (Å²) in [6.07, 6.45) is 7.87. The third-order valence-corrected chi connectivity index (χ3v) is 1.77. The Morgan fingerprint density at radius 1 is 1.55 bits per heavy atom. The highest BCUT2D eigenvalue weighted by atomic mass is 14.9. The fourth-order valence-electron chi connectivity index (χ4n) is 1.17. The molecule has 0 unspecified atom stereocenters. The minimum atomic E-state index is 0.541. The first-order valence-electron chi connectivity index (χ1n) is 4.33. The third-order valence-electron chi connectivity index (χ3n) is 1.77. The fraction of sp³-hybridized carbons (Fsp3) is 0.600. The van der Waals surface area contributed by atoms with Gasteiger partial charge in [0, 0.05) is 11.7 Å². The van der Waals surface area contributed by atoms with Gasteiger partial charge in [0.2, 0.25) is 0 Å². The van der Waals surface area contributed by atoms with Crippen molar-refractivity contribution in [1.29, 1.82) is 0 Å². The maximum Gasteiger partial charge on any atom is 0.0298 e. The van der Waals surface area contributed by atoms with E-state index in [-0.39, 0.29) is 0 Å². The minimum Gasteiger partial charge on any atom is -0.383 e. The molecule has 0 aromatic heterocycles. The zero-order chi connectivity index (χ0) is 8.27. The molecule has 0 amide bonds. The zero-order valence-electron chi connectivity index (χ0n) is 7.59. The van der Waals surface area contributed by atoms with E-state index < -0.39 is 0 Å². The lowest BCUT2D eigenvalue weighted by Crippen LogP contribution is -2.21. The van der Waals surface area contributed by atoms with Crippen LogP contribution >= 0.6 is 0 Å². The van der Waals surface area contributed by atoms with Gasteiger partial charge in [0.15, 0.2) is 0 Å². The summed E-state index contributed by atoms with van der Waals surface area (Å²) in [4.78, 5) is 0. The molecule has 1 aliphatic carbocycles. The quantitative estimate of drug-likeness (QED) is 0.639. The molecular formula is C10H17N. The normalized spacial score (nSPS) is 23.6. The molecule has 1 aliphatic rings. The molecule has 1 rings (SSSR count). The van der Waals surface area contributed by atoms with E-state index in [1.165, 1.54) is 12.1 Å². The molecular weight excluding hydrogens is 134 g/mol. The Bertz CT molecular complexity index is 177. The molecule has 0 aliphatic heterocycles. The summed E-state index contributed by atoms with van der Waals surface area (Å²) in [7, 11) is 0. The number of hydrogen-bond donors (Lipinski definition) is 1. The zero-order valence-corrected chi connectivity index (χ0v) is 7.59. The van der Waals surface area contributed by atoms with Crippen LogP contribution < -0.4 is 5.32 Å². The van der Waals surface area contributed by atoms with E-state index in [1.54, 1.807) is 0 Å². The third kappa shape index (κ3) is 2.79. The van der Waals surface area contributed by atoms with Gasteiger partial charge < -0.3 is 5.32 Å². The average Bonchev–Trinajstić information content (AvgIpc) is 1.93. The van der Waals surface area contributed by atoms with Crippen LogP contribution in [0.3, 0.4) is 0 Å². The van der Waals surface area contributed by atoms with Crippen molar-refractivity contribution < 1.29 is 0 Å². The second-order valence-electron chi connectivity index (χ2n) is 3.53. The average molecular weight is 151 g/mol. The van der Waals surface area contributed by atoms with Crippen molar-refractivity contribution in [2.24, 2.45) is 5.92 Å². The van der Waals surface area contributed by atoms with Crippen LogP contribution in [-0.2, 0) is 0 Å². The van der Waals surface area contributed by atoms with E-state index in [1.807, 2.05) is 0 Å². The molecule has 1 atom stereocenters. The van der Waals surface area contributed by atoms with Gasteiger partial charge in [-0.25, -0.2) is 0 Å². The van der Waals surface area contributed by atoms with Crippen LogP contribution in [0.25, 0.3) is 0 Å². The molecule has 0 radical (unpaired) electrons. The van der Waals surface area contributed by atoms with Crippen LogP contribution in [0, 0.1) is 5.92 Å². The molecule has 0 saturated heterocycles. The van der Waals surface area contributed by atoms with E-state index in [4.69, 9.17) is 0 Å². The van der Waals surface area contributed by atoms with Gasteiger partial charge in [-0.2, -0.15) is 0 Å². The van der Waals surface area contributed by atoms with Crippen LogP contribution in [0.2, 0.25) is 0 Å². The number of hydrogen-bond acceptors (Lipinski definition) is 1. The van der Waals surface area contributed by atoms with E-state index >= 15 is 0 Å². The van der Waals surface area contributed by atoms with Crippen LogP contribution in [0.15, 0.2) is 23.9 Å². The van der Waals surface area contributed by atoms with Crippen molar-refractivity contribution in [3.05, 3.63) is 23.9 Å². The lowest BCUT2D eigenvalue weighted by molar-refractivity contribution is 0.655. The molecule has 0 saturated carbocycles. The molecule has 0 heterocycles. The number of allylic oxidation sites excluding steroid dienone is 3. The lowest BCUT2D eigenvalue weighted by Gasteiger charge is -2.15. The van der Waals surface area contributed by atoms with Crippen molar-refractivity contribution >= 4 is 0 Å². The molecule has 0 aromatic carbocycles. The predicted octanol–water partition coefficient (Wildman–Crippen LogP) is 2.46. The van der Waals surface area contributed by atoms with Crippen molar-refractivity contribution in [2.45, 2.75) is 33.2 Å². The van der Waals surface area contributed by atoms with Gasteiger partial charge in [0.05, 0.1) is 0 Å². The second kappa shape index (κ2) is 3.61. The van der Waals surface area contributed by atoms with Crippen LogP contribution in [0.1, 0.15) is 27.2 Å². The molecule has 1 N–H and O–H groups in total. The topological polar surface area (TPSA) is 12.0 Å². The van der Waals surface area contributed by atoms with Gasteiger partial charge in [0.25, 0.3) is 0 Å². The Morgan fingerprint density at radius 3 is 2.73 bits per heavy atom. The highest BCUT2D eigenvalue weighted by Crippen LogP contribution is 2.13. The summed E-state index contributed by atoms with van der Waals surface area (Å²) < 4.78 is 0. The maximum absolute atomic E-state index is 3.38. The fourth-order valence-corrected chi connectivity index (χ4v) is 1.17. The molecule has 0 bridgehead atoms. The van der Waals surface area contributed by atoms with Gasteiger partial charge in [0.1, 0.15) is 0 Å². The Kier molecular flexibility index (Phi) is 2.75. The van der Waals surface area contributed by atoms with Crippen LogP contribution in [0.5, 0.6) is 0 Å². The van der Waals surface area contributed by atoms with Crippen molar-refractivity contribution in [1.82, 2.24) is 5.32 Å². The minimum absolute atomic E-state index is 0.541. The number of nitrogens with one attached hydrogen (secondary N) is 1. The first-order valence-corrected chi connectivity index (χ1v) is 4.33.